The van der Waals surface area contributed by atoms with Crippen molar-refractivity contribution in [1.29, 1.82) is 0 Å². The Morgan fingerprint density at radius 1 is 1.15 bits per heavy atom. The van der Waals surface area contributed by atoms with Crippen LogP contribution >= 0.6 is 0 Å². The predicted molar refractivity (Wildman–Crippen MR) is 82.1 cm³/mol. The minimum atomic E-state index is 0.402. The van der Waals surface area contributed by atoms with Gasteiger partial charge in [-0.25, -0.2) is 0 Å². The lowest BCUT2D eigenvalue weighted by Gasteiger charge is -2.32. The number of hydrogen-bond donors (Lipinski definition) is 1. The van der Waals surface area contributed by atoms with Crippen LogP contribution in [0.2, 0.25) is 0 Å². The van der Waals surface area contributed by atoms with Crippen molar-refractivity contribution in [3.05, 3.63) is 30.0 Å². The number of benzene rings is 1. The van der Waals surface area contributed by atoms with Gasteiger partial charge in [-0.3, -0.25) is 4.90 Å². The van der Waals surface area contributed by atoms with Crippen LogP contribution in [0.15, 0.2) is 24.4 Å². The van der Waals surface area contributed by atoms with E-state index in [4.69, 9.17) is 0 Å². The molecule has 108 valence electrons. The molecule has 1 saturated heterocycles. The summed E-state index contributed by atoms with van der Waals surface area (Å²) in [5.41, 5.74) is 2.38. The van der Waals surface area contributed by atoms with E-state index in [-0.39, 0.29) is 0 Å². The van der Waals surface area contributed by atoms with Crippen LogP contribution in [0.3, 0.4) is 0 Å². The van der Waals surface area contributed by atoms with Gasteiger partial charge < -0.3 is 14.6 Å². The van der Waals surface area contributed by atoms with E-state index in [0.717, 1.165) is 50.2 Å². The Morgan fingerprint density at radius 3 is 2.60 bits per heavy atom. The number of fused-ring (bicyclic) bond motifs is 1. The molecule has 1 fully saturated rings. The van der Waals surface area contributed by atoms with Crippen molar-refractivity contribution in [2.45, 2.75) is 20.0 Å². The Labute approximate surface area is 120 Å². The molecule has 1 aliphatic heterocycles. The van der Waals surface area contributed by atoms with E-state index >= 15 is 0 Å². The molecular weight excluding hydrogens is 250 g/mol. The summed E-state index contributed by atoms with van der Waals surface area (Å²) in [6.45, 7) is 8.45. The first-order chi connectivity index (χ1) is 9.69. The van der Waals surface area contributed by atoms with Crippen molar-refractivity contribution in [2.24, 2.45) is 0 Å². The smallest absolute Gasteiger partial charge is 0.125 e. The zero-order chi connectivity index (χ0) is 14.1. The summed E-state index contributed by atoms with van der Waals surface area (Å²) in [6.07, 6.45) is 2.20. The molecule has 0 bridgehead atoms. The monoisotopic (exact) mass is 273 g/mol. The van der Waals surface area contributed by atoms with Gasteiger partial charge in [0.05, 0.1) is 5.52 Å². The number of hydrogen-bond acceptors (Lipinski definition) is 3. The molecule has 0 radical (unpaired) electrons. The minimum Gasteiger partial charge on any atom is -0.507 e. The zero-order valence-corrected chi connectivity index (χ0v) is 12.3. The van der Waals surface area contributed by atoms with Crippen molar-refractivity contribution < 1.29 is 5.11 Å². The predicted octanol–water partition coefficient (Wildman–Crippen LogP) is 2.11. The highest BCUT2D eigenvalue weighted by molar-refractivity contribution is 5.89. The standard InChI is InChI=1S/C16H23N3O/c1-3-19-12-13(11-18-9-7-17(2)8-10-18)16-14(19)5-4-6-15(16)20/h4-6,12,20H,3,7-11H2,1-2H3. The second-order valence-electron chi connectivity index (χ2n) is 5.69. The van der Waals surface area contributed by atoms with Gasteiger partial charge in [0, 0.05) is 50.9 Å². The van der Waals surface area contributed by atoms with Crippen molar-refractivity contribution in [1.82, 2.24) is 14.4 Å². The largest absolute Gasteiger partial charge is 0.507 e. The molecule has 0 unspecified atom stereocenters. The number of rotatable bonds is 3. The van der Waals surface area contributed by atoms with Gasteiger partial charge >= 0.3 is 0 Å². The highest BCUT2D eigenvalue weighted by Gasteiger charge is 2.17. The van der Waals surface area contributed by atoms with Gasteiger partial charge in [0.2, 0.25) is 0 Å². The molecule has 1 aromatic heterocycles. The quantitative estimate of drug-likeness (QED) is 0.929. The summed E-state index contributed by atoms with van der Waals surface area (Å²) in [5, 5.41) is 11.2. The first kappa shape index (κ1) is 13.5. The third-order valence-electron chi connectivity index (χ3n) is 4.29. The average molecular weight is 273 g/mol. The first-order valence-corrected chi connectivity index (χ1v) is 7.39. The second-order valence-corrected chi connectivity index (χ2v) is 5.69. The third-order valence-corrected chi connectivity index (χ3v) is 4.29. The Hall–Kier alpha value is -1.52. The maximum Gasteiger partial charge on any atom is 0.125 e. The maximum absolute atomic E-state index is 10.2. The molecule has 2 heterocycles. The Morgan fingerprint density at radius 2 is 1.90 bits per heavy atom. The molecule has 0 saturated carbocycles. The van der Waals surface area contributed by atoms with Crippen LogP contribution < -0.4 is 0 Å². The van der Waals surface area contributed by atoms with E-state index in [0.29, 0.717) is 5.75 Å². The molecule has 0 atom stereocenters. The molecule has 0 amide bonds. The SMILES string of the molecule is CCn1cc(CN2CCN(C)CC2)c2c(O)cccc21. The van der Waals surface area contributed by atoms with E-state index in [9.17, 15) is 5.11 Å². The van der Waals surface area contributed by atoms with Crippen molar-refractivity contribution in [2.75, 3.05) is 33.2 Å². The number of aryl methyl sites for hydroxylation is 1. The van der Waals surface area contributed by atoms with Gasteiger partial charge in [0.1, 0.15) is 5.75 Å². The van der Waals surface area contributed by atoms with E-state index in [2.05, 4.69) is 40.6 Å². The Kier molecular flexibility index (Phi) is 3.68. The Balaban J connectivity index is 1.91. The fraction of sp³-hybridized carbons (Fsp3) is 0.500. The molecule has 4 heteroatoms. The molecular formula is C16H23N3O. The molecule has 2 aromatic rings. The molecule has 20 heavy (non-hydrogen) atoms. The van der Waals surface area contributed by atoms with Crippen molar-refractivity contribution >= 4 is 10.9 Å². The number of phenols is 1. The fourth-order valence-electron chi connectivity index (χ4n) is 3.05. The number of piperazine rings is 1. The summed E-state index contributed by atoms with van der Waals surface area (Å²) in [4.78, 5) is 4.84. The van der Waals surface area contributed by atoms with Gasteiger partial charge in [-0.05, 0) is 31.7 Å². The first-order valence-electron chi connectivity index (χ1n) is 7.39. The molecule has 4 nitrogen and oxygen atoms in total. The third kappa shape index (κ3) is 2.41. The fourth-order valence-corrected chi connectivity index (χ4v) is 3.05. The van der Waals surface area contributed by atoms with Crippen LogP contribution in [-0.2, 0) is 13.1 Å². The average Bonchev–Trinajstić information content (AvgIpc) is 2.81. The van der Waals surface area contributed by atoms with Crippen LogP contribution in [-0.4, -0.2) is 52.7 Å². The molecule has 3 rings (SSSR count). The van der Waals surface area contributed by atoms with Crippen LogP contribution in [0.25, 0.3) is 10.9 Å². The summed E-state index contributed by atoms with van der Waals surface area (Å²) < 4.78 is 2.22. The van der Waals surface area contributed by atoms with Crippen LogP contribution in [0.1, 0.15) is 12.5 Å². The summed E-state index contributed by atoms with van der Waals surface area (Å²) in [6, 6.07) is 5.80. The summed E-state index contributed by atoms with van der Waals surface area (Å²) >= 11 is 0. The van der Waals surface area contributed by atoms with Gasteiger partial charge in [-0.2, -0.15) is 0 Å². The van der Waals surface area contributed by atoms with Crippen molar-refractivity contribution in [3.8, 4) is 5.75 Å². The lowest BCUT2D eigenvalue weighted by Crippen LogP contribution is -2.43. The van der Waals surface area contributed by atoms with Crippen molar-refractivity contribution in [3.63, 3.8) is 0 Å². The number of phenolic OH excluding ortho intramolecular Hbond substituents is 1. The molecule has 0 spiro atoms. The van der Waals surface area contributed by atoms with Gasteiger partial charge in [-0.15, -0.1) is 0 Å². The minimum absolute atomic E-state index is 0.402. The van der Waals surface area contributed by atoms with Crippen LogP contribution in [0.5, 0.6) is 5.75 Å². The normalized spacial score (nSPS) is 17.9. The maximum atomic E-state index is 10.2. The van der Waals surface area contributed by atoms with E-state index < -0.39 is 0 Å². The molecule has 0 aliphatic carbocycles. The lowest BCUT2D eigenvalue weighted by molar-refractivity contribution is 0.148. The summed E-state index contributed by atoms with van der Waals surface area (Å²) in [5.74, 6) is 0.402. The van der Waals surface area contributed by atoms with Crippen LogP contribution in [0.4, 0.5) is 0 Å². The highest BCUT2D eigenvalue weighted by Crippen LogP contribution is 2.30. The molecule has 1 aliphatic rings. The number of nitrogens with zero attached hydrogens (tertiary/aromatic N) is 3. The zero-order valence-electron chi connectivity index (χ0n) is 12.3. The molecule has 1 N–H and O–H groups in total. The van der Waals surface area contributed by atoms with Crippen LogP contribution in [0, 0.1) is 0 Å². The Bertz CT molecular complexity index is 597. The number of likely N-dealkylation sites (N-methyl/N-ethyl adjacent to an activating group) is 1. The van der Waals surface area contributed by atoms with E-state index in [1.165, 1.54) is 5.56 Å². The summed E-state index contributed by atoms with van der Waals surface area (Å²) in [7, 11) is 2.17. The highest BCUT2D eigenvalue weighted by atomic mass is 16.3. The topological polar surface area (TPSA) is 31.6 Å². The van der Waals surface area contributed by atoms with Gasteiger partial charge in [-0.1, -0.05) is 6.07 Å². The van der Waals surface area contributed by atoms with E-state index in [1.807, 2.05) is 6.07 Å². The van der Waals surface area contributed by atoms with Gasteiger partial charge in [0.15, 0.2) is 0 Å². The van der Waals surface area contributed by atoms with E-state index in [1.54, 1.807) is 6.07 Å². The lowest BCUT2D eigenvalue weighted by atomic mass is 10.1. The number of aromatic nitrogens is 1. The second kappa shape index (κ2) is 5.46. The number of aromatic hydroxyl groups is 1. The molecule has 1 aromatic carbocycles. The van der Waals surface area contributed by atoms with Gasteiger partial charge in [0.25, 0.3) is 0 Å².